The van der Waals surface area contributed by atoms with E-state index in [0.717, 1.165) is 18.3 Å². The molecule has 1 atom stereocenters. The number of benzene rings is 1. The summed E-state index contributed by atoms with van der Waals surface area (Å²) in [5.41, 5.74) is 6.19. The third-order valence-corrected chi connectivity index (χ3v) is 4.70. The number of rotatable bonds is 5. The lowest BCUT2D eigenvalue weighted by Gasteiger charge is -2.21. The van der Waals surface area contributed by atoms with E-state index in [1.54, 1.807) is 0 Å². The molecule has 0 saturated heterocycles. The van der Waals surface area contributed by atoms with Gasteiger partial charge in [0.15, 0.2) is 0 Å². The van der Waals surface area contributed by atoms with Gasteiger partial charge in [-0.1, -0.05) is 45.0 Å². The maximum atomic E-state index is 4.89. The Labute approximate surface area is 140 Å². The zero-order chi connectivity index (χ0) is 16.6. The lowest BCUT2D eigenvalue weighted by atomic mass is 9.86. The van der Waals surface area contributed by atoms with Gasteiger partial charge in [0.05, 0.1) is 0 Å². The highest BCUT2D eigenvalue weighted by Gasteiger charge is 2.27. The van der Waals surface area contributed by atoms with Gasteiger partial charge in [0, 0.05) is 25.7 Å². The van der Waals surface area contributed by atoms with Crippen molar-refractivity contribution in [1.82, 2.24) is 15.3 Å². The Morgan fingerprint density at radius 1 is 1.17 bits per heavy atom. The van der Waals surface area contributed by atoms with Crippen molar-refractivity contribution in [2.24, 2.45) is 10.9 Å². The van der Waals surface area contributed by atoms with Crippen LogP contribution in [0.5, 0.6) is 0 Å². The lowest BCUT2D eigenvalue weighted by Crippen LogP contribution is -2.42. The summed E-state index contributed by atoms with van der Waals surface area (Å²) >= 11 is 0. The van der Waals surface area contributed by atoms with Crippen LogP contribution in [-0.4, -0.2) is 49.1 Å². The first kappa shape index (κ1) is 16.5. The minimum Gasteiger partial charge on any atom is -0.303 e. The largest absolute Gasteiger partial charge is 0.303 e. The Hall–Kier alpha value is -1.39. The number of nitrogens with zero attached hydrogens (tertiary/aromatic N) is 3. The van der Waals surface area contributed by atoms with Crippen molar-refractivity contribution >= 4 is 5.84 Å². The standard InChI is InChI=1S/C19H30N4/c1-19(2,3)16-10-8-15(9-11-16)18-20-17(21-23(18)5)13-22(4)12-14-6-7-14/h8-11,14,17,21H,6-7,12-13H2,1-5H3. The van der Waals surface area contributed by atoms with E-state index in [1.807, 2.05) is 0 Å². The van der Waals surface area contributed by atoms with E-state index in [9.17, 15) is 0 Å². The lowest BCUT2D eigenvalue weighted by molar-refractivity contribution is 0.250. The van der Waals surface area contributed by atoms with Crippen LogP contribution in [0.25, 0.3) is 0 Å². The first-order chi connectivity index (χ1) is 10.8. The number of nitrogens with one attached hydrogen (secondary N) is 1. The molecule has 1 aliphatic carbocycles. The molecule has 1 saturated carbocycles. The van der Waals surface area contributed by atoms with Gasteiger partial charge >= 0.3 is 0 Å². The Morgan fingerprint density at radius 2 is 1.83 bits per heavy atom. The number of hydrogen-bond donors (Lipinski definition) is 1. The molecular weight excluding hydrogens is 284 g/mol. The van der Waals surface area contributed by atoms with Crippen LogP contribution in [0.1, 0.15) is 44.7 Å². The van der Waals surface area contributed by atoms with Gasteiger partial charge < -0.3 is 4.90 Å². The molecule has 0 aromatic heterocycles. The van der Waals surface area contributed by atoms with Crippen LogP contribution >= 0.6 is 0 Å². The molecule has 0 bridgehead atoms. The van der Waals surface area contributed by atoms with Gasteiger partial charge in [-0.15, -0.1) is 0 Å². The van der Waals surface area contributed by atoms with Gasteiger partial charge in [0.25, 0.3) is 0 Å². The van der Waals surface area contributed by atoms with Gasteiger partial charge in [0.2, 0.25) is 0 Å². The molecule has 1 unspecified atom stereocenters. The molecule has 0 spiro atoms. The highest BCUT2D eigenvalue weighted by Crippen LogP contribution is 2.29. The number of likely N-dealkylation sites (N-methyl/N-ethyl adjacent to an activating group) is 1. The molecular formula is C19H30N4. The average Bonchev–Trinajstić information content (AvgIpc) is 3.20. The molecule has 4 nitrogen and oxygen atoms in total. The van der Waals surface area contributed by atoms with Crippen LogP contribution < -0.4 is 5.43 Å². The number of hydrogen-bond acceptors (Lipinski definition) is 4. The monoisotopic (exact) mass is 314 g/mol. The van der Waals surface area contributed by atoms with Crippen molar-refractivity contribution in [3.05, 3.63) is 35.4 Å². The highest BCUT2D eigenvalue weighted by molar-refractivity contribution is 5.99. The molecule has 126 valence electrons. The fraction of sp³-hybridized carbons (Fsp3) is 0.632. The fourth-order valence-electron chi connectivity index (χ4n) is 3.13. The molecule has 1 aliphatic heterocycles. The van der Waals surface area contributed by atoms with E-state index in [4.69, 9.17) is 4.99 Å². The zero-order valence-electron chi connectivity index (χ0n) is 15.1. The topological polar surface area (TPSA) is 30.9 Å². The van der Waals surface area contributed by atoms with Gasteiger partial charge in [-0.25, -0.2) is 10.4 Å². The smallest absolute Gasteiger partial charge is 0.146 e. The second-order valence-electron chi connectivity index (χ2n) is 8.15. The second-order valence-corrected chi connectivity index (χ2v) is 8.15. The fourth-order valence-corrected chi connectivity index (χ4v) is 3.13. The van der Waals surface area contributed by atoms with Crippen LogP contribution in [0.4, 0.5) is 0 Å². The van der Waals surface area contributed by atoms with Crippen molar-refractivity contribution in [1.29, 1.82) is 0 Å². The minimum atomic E-state index is 0.154. The van der Waals surface area contributed by atoms with Crippen LogP contribution in [0.2, 0.25) is 0 Å². The summed E-state index contributed by atoms with van der Waals surface area (Å²) in [6.07, 6.45) is 2.95. The first-order valence-electron chi connectivity index (χ1n) is 8.70. The molecule has 1 aromatic carbocycles. The Balaban J connectivity index is 1.67. The summed E-state index contributed by atoms with van der Waals surface area (Å²) in [6.45, 7) is 8.90. The quantitative estimate of drug-likeness (QED) is 0.906. The summed E-state index contributed by atoms with van der Waals surface area (Å²) < 4.78 is 0. The van der Waals surface area contributed by atoms with Crippen LogP contribution in [0.15, 0.2) is 29.3 Å². The maximum Gasteiger partial charge on any atom is 0.146 e. The average molecular weight is 314 g/mol. The summed E-state index contributed by atoms with van der Waals surface area (Å²) in [7, 11) is 4.25. The second kappa shape index (κ2) is 6.25. The van der Waals surface area contributed by atoms with Gasteiger partial charge in [0.1, 0.15) is 12.0 Å². The van der Waals surface area contributed by atoms with Crippen molar-refractivity contribution in [3.63, 3.8) is 0 Å². The summed E-state index contributed by atoms with van der Waals surface area (Å²) in [6, 6.07) is 8.82. The van der Waals surface area contributed by atoms with Crippen molar-refractivity contribution < 1.29 is 0 Å². The van der Waals surface area contributed by atoms with E-state index < -0.39 is 0 Å². The molecule has 1 fully saturated rings. The predicted octanol–water partition coefficient (Wildman–Crippen LogP) is 2.85. The summed E-state index contributed by atoms with van der Waals surface area (Å²) in [5, 5.41) is 2.06. The Bertz CT molecular complexity index is 566. The number of hydrazine groups is 1. The molecule has 4 heteroatoms. The Kier molecular flexibility index (Phi) is 4.47. The van der Waals surface area contributed by atoms with E-state index >= 15 is 0 Å². The van der Waals surface area contributed by atoms with Crippen molar-refractivity contribution in [2.75, 3.05) is 27.2 Å². The number of aliphatic imine (C=N–C) groups is 1. The molecule has 1 N–H and O–H groups in total. The molecule has 3 rings (SSSR count). The van der Waals surface area contributed by atoms with Crippen LogP contribution in [0, 0.1) is 5.92 Å². The summed E-state index contributed by atoms with van der Waals surface area (Å²) in [4.78, 5) is 7.29. The third-order valence-electron chi connectivity index (χ3n) is 4.70. The van der Waals surface area contributed by atoms with Crippen LogP contribution in [-0.2, 0) is 5.41 Å². The maximum absolute atomic E-state index is 4.89. The van der Waals surface area contributed by atoms with Gasteiger partial charge in [-0.2, -0.15) is 0 Å². The Morgan fingerprint density at radius 3 is 2.39 bits per heavy atom. The van der Waals surface area contributed by atoms with E-state index in [2.05, 4.69) is 74.5 Å². The minimum absolute atomic E-state index is 0.154. The van der Waals surface area contributed by atoms with Crippen molar-refractivity contribution in [3.8, 4) is 0 Å². The molecule has 1 aromatic rings. The predicted molar refractivity (Wildman–Crippen MR) is 96.6 cm³/mol. The third kappa shape index (κ3) is 4.12. The first-order valence-corrected chi connectivity index (χ1v) is 8.70. The van der Waals surface area contributed by atoms with E-state index in [1.165, 1.54) is 30.5 Å². The van der Waals surface area contributed by atoms with E-state index in [-0.39, 0.29) is 11.6 Å². The number of amidine groups is 1. The summed E-state index contributed by atoms with van der Waals surface area (Å²) in [5.74, 6) is 1.96. The van der Waals surface area contributed by atoms with Crippen molar-refractivity contribution in [2.45, 2.75) is 45.2 Å². The molecule has 2 aliphatic rings. The van der Waals surface area contributed by atoms with Crippen LogP contribution in [0.3, 0.4) is 0 Å². The van der Waals surface area contributed by atoms with Gasteiger partial charge in [-0.05, 0) is 36.8 Å². The van der Waals surface area contributed by atoms with E-state index in [0.29, 0.717) is 0 Å². The zero-order valence-corrected chi connectivity index (χ0v) is 15.1. The molecule has 23 heavy (non-hydrogen) atoms. The molecule has 0 radical (unpaired) electrons. The molecule has 0 amide bonds. The normalized spacial score (nSPS) is 21.9. The van der Waals surface area contributed by atoms with Gasteiger partial charge in [-0.3, -0.25) is 5.01 Å². The SMILES string of the molecule is CN(CC1CC1)CC1N=C(c2ccc(C(C)(C)C)cc2)N(C)N1. The highest BCUT2D eigenvalue weighted by atomic mass is 15.6. The molecule has 1 heterocycles.